The van der Waals surface area contributed by atoms with E-state index in [9.17, 15) is 0 Å². The molecule has 0 heteroatoms. The van der Waals surface area contributed by atoms with Crippen molar-refractivity contribution in [1.29, 1.82) is 0 Å². The third kappa shape index (κ3) is 12.5. The molecule has 0 radical (unpaired) electrons. The highest BCUT2D eigenvalue weighted by molar-refractivity contribution is 6.08. The third-order valence-corrected chi connectivity index (χ3v) is 8.82. The number of aryl methyl sites for hydroxylation is 10. The van der Waals surface area contributed by atoms with Gasteiger partial charge in [0.2, 0.25) is 0 Å². The fourth-order valence-electron chi connectivity index (χ4n) is 5.81. The fraction of sp³-hybridized carbons (Fsp3) is 0.224. The summed E-state index contributed by atoms with van der Waals surface area (Å²) in [7, 11) is 0. The lowest BCUT2D eigenvalue weighted by Gasteiger charge is -2.06. The Kier molecular flexibility index (Phi) is 15.1. The summed E-state index contributed by atoms with van der Waals surface area (Å²) in [5.74, 6) is 0. The van der Waals surface area contributed by atoms with Gasteiger partial charge in [-0.25, -0.2) is 0 Å². The molecule has 0 spiro atoms. The molecule has 0 N–H and O–H groups in total. The lowest BCUT2D eigenvalue weighted by Crippen LogP contribution is -1.82. The molecule has 0 atom stereocenters. The van der Waals surface area contributed by atoms with Crippen LogP contribution in [0, 0.1) is 76.2 Å². The quantitative estimate of drug-likeness (QED) is 0.144. The highest BCUT2D eigenvalue weighted by atomic mass is 14.1. The van der Waals surface area contributed by atoms with Crippen LogP contribution in [0.1, 0.15) is 61.2 Å². The second kappa shape index (κ2) is 19.2. The molecule has 0 amide bonds. The maximum Gasteiger partial charge on any atom is -0.0103 e. The molecule has 0 aliphatic rings. The second-order valence-electron chi connectivity index (χ2n) is 13.4. The summed E-state index contributed by atoms with van der Waals surface area (Å²) in [6.45, 7) is 23.4. The van der Waals surface area contributed by atoms with E-state index in [0.29, 0.717) is 0 Å². The standard InChI is InChI=1S/C15H12.2C9H12.2C8H10/c1-11-10-12-6-2-3-8-14(12)15-9-5-4-7-13(11)15;1-7-4-8(2)6-9(3)5-7;1-7-5-4-6-8(2)9(7)3;1-7-4-3-5-8(2)6-7;1-7-5-3-4-6-8(7)2/h2-10H,1H3;2*4-6H,1-3H3;2*3-6H,1-2H3. The zero-order valence-electron chi connectivity index (χ0n) is 31.8. The summed E-state index contributed by atoms with van der Waals surface area (Å²) < 4.78 is 0. The van der Waals surface area contributed by atoms with Gasteiger partial charge < -0.3 is 0 Å². The minimum Gasteiger partial charge on any atom is -0.0620 e. The van der Waals surface area contributed by atoms with Crippen molar-refractivity contribution in [3.05, 3.63) is 201 Å². The average Bonchev–Trinajstić information content (AvgIpc) is 3.06. The van der Waals surface area contributed by atoms with Gasteiger partial charge in [-0.15, -0.1) is 0 Å². The molecule has 0 saturated carbocycles. The monoisotopic (exact) mass is 644 g/mol. The van der Waals surface area contributed by atoms with Crippen LogP contribution < -0.4 is 0 Å². The zero-order chi connectivity index (χ0) is 35.9. The van der Waals surface area contributed by atoms with Gasteiger partial charge in [0.15, 0.2) is 0 Å². The Bertz CT molecular complexity index is 1970. The van der Waals surface area contributed by atoms with E-state index >= 15 is 0 Å². The molecule has 7 aromatic carbocycles. The molecule has 0 aliphatic heterocycles. The van der Waals surface area contributed by atoms with E-state index in [4.69, 9.17) is 0 Å². The highest BCUT2D eigenvalue weighted by Crippen LogP contribution is 2.27. The topological polar surface area (TPSA) is 0 Å². The molecule has 0 aliphatic carbocycles. The maximum atomic E-state index is 2.26. The first-order chi connectivity index (χ1) is 23.3. The van der Waals surface area contributed by atoms with Crippen molar-refractivity contribution in [2.45, 2.75) is 76.2 Å². The van der Waals surface area contributed by atoms with E-state index < -0.39 is 0 Å². The molecule has 7 aromatic rings. The van der Waals surface area contributed by atoms with E-state index in [1.807, 2.05) is 0 Å². The van der Waals surface area contributed by atoms with Crippen molar-refractivity contribution in [3.63, 3.8) is 0 Å². The first-order valence-electron chi connectivity index (χ1n) is 17.4. The van der Waals surface area contributed by atoms with E-state index in [1.165, 1.54) is 82.7 Å². The minimum atomic E-state index is 1.33. The second-order valence-corrected chi connectivity index (χ2v) is 13.4. The van der Waals surface area contributed by atoms with Crippen LogP contribution in [0.25, 0.3) is 21.5 Å². The molecule has 0 saturated heterocycles. The van der Waals surface area contributed by atoms with Crippen molar-refractivity contribution < 1.29 is 0 Å². The number of hydrogen-bond acceptors (Lipinski definition) is 0. The fourth-order valence-corrected chi connectivity index (χ4v) is 5.81. The maximum absolute atomic E-state index is 2.26. The molecule has 0 unspecified atom stereocenters. The molecule has 0 bridgehead atoms. The van der Waals surface area contributed by atoms with Gasteiger partial charge in [-0.05, 0) is 131 Å². The molecule has 49 heavy (non-hydrogen) atoms. The predicted octanol–water partition coefficient (Wildman–Crippen LogP) is 14.1. The van der Waals surface area contributed by atoms with Crippen molar-refractivity contribution >= 4 is 21.5 Å². The molecule has 0 fully saturated rings. The van der Waals surface area contributed by atoms with Gasteiger partial charge in [-0.2, -0.15) is 0 Å². The Morgan fingerprint density at radius 2 is 0.612 bits per heavy atom. The summed E-state index contributed by atoms with van der Waals surface area (Å²) in [5.41, 5.74) is 15.0. The van der Waals surface area contributed by atoms with Crippen LogP contribution in [0.15, 0.2) is 140 Å². The highest BCUT2D eigenvalue weighted by Gasteiger charge is 2.01. The molecular formula is C49H56. The minimum absolute atomic E-state index is 1.33. The number of hydrogen-bond donors (Lipinski definition) is 0. The summed E-state index contributed by atoms with van der Waals surface area (Å²) in [4.78, 5) is 0. The van der Waals surface area contributed by atoms with Crippen molar-refractivity contribution in [2.24, 2.45) is 0 Å². The van der Waals surface area contributed by atoms with Crippen molar-refractivity contribution in [3.8, 4) is 0 Å². The van der Waals surface area contributed by atoms with Crippen LogP contribution in [0.3, 0.4) is 0 Å². The number of benzene rings is 7. The Morgan fingerprint density at radius 3 is 1.04 bits per heavy atom. The third-order valence-electron chi connectivity index (χ3n) is 8.82. The summed E-state index contributed by atoms with van der Waals surface area (Å²) >= 11 is 0. The van der Waals surface area contributed by atoms with Crippen LogP contribution in [0.5, 0.6) is 0 Å². The van der Waals surface area contributed by atoms with Gasteiger partial charge in [0, 0.05) is 0 Å². The van der Waals surface area contributed by atoms with Crippen LogP contribution >= 0.6 is 0 Å². The van der Waals surface area contributed by atoms with Gasteiger partial charge in [0.1, 0.15) is 0 Å². The zero-order valence-corrected chi connectivity index (χ0v) is 31.8. The molecule has 0 aromatic heterocycles. The van der Waals surface area contributed by atoms with Crippen LogP contribution in [-0.2, 0) is 0 Å². The molecular weight excluding hydrogens is 589 g/mol. The first-order valence-corrected chi connectivity index (χ1v) is 17.4. The van der Waals surface area contributed by atoms with Crippen LogP contribution in [-0.4, -0.2) is 0 Å². The van der Waals surface area contributed by atoms with Gasteiger partial charge in [0.05, 0.1) is 0 Å². The summed E-state index contributed by atoms with van der Waals surface area (Å²) in [5, 5.41) is 5.39. The van der Waals surface area contributed by atoms with Crippen LogP contribution in [0.4, 0.5) is 0 Å². The molecule has 0 nitrogen and oxygen atoms in total. The molecule has 252 valence electrons. The lowest BCUT2D eigenvalue weighted by atomic mass is 9.98. The van der Waals surface area contributed by atoms with Gasteiger partial charge in [0.25, 0.3) is 0 Å². The van der Waals surface area contributed by atoms with E-state index in [-0.39, 0.29) is 0 Å². The van der Waals surface area contributed by atoms with E-state index in [2.05, 4.69) is 216 Å². The van der Waals surface area contributed by atoms with E-state index in [0.717, 1.165) is 0 Å². The Hall–Kier alpha value is -4.94. The molecule has 0 heterocycles. The average molecular weight is 645 g/mol. The Labute approximate surface area is 297 Å². The largest absolute Gasteiger partial charge is 0.0620 e. The van der Waals surface area contributed by atoms with E-state index in [1.54, 1.807) is 0 Å². The number of fused-ring (bicyclic) bond motifs is 3. The first kappa shape index (κ1) is 38.5. The Balaban J connectivity index is 0.000000171. The predicted molar refractivity (Wildman–Crippen MR) is 219 cm³/mol. The van der Waals surface area contributed by atoms with Gasteiger partial charge in [-0.3, -0.25) is 0 Å². The number of rotatable bonds is 0. The smallest absolute Gasteiger partial charge is 0.0103 e. The molecule has 7 rings (SSSR count). The van der Waals surface area contributed by atoms with Crippen molar-refractivity contribution in [2.75, 3.05) is 0 Å². The van der Waals surface area contributed by atoms with Gasteiger partial charge >= 0.3 is 0 Å². The lowest BCUT2D eigenvalue weighted by molar-refractivity contribution is 1.27. The summed E-state index contributed by atoms with van der Waals surface area (Å²) in [6, 6.07) is 49.2. The van der Waals surface area contributed by atoms with Crippen molar-refractivity contribution in [1.82, 2.24) is 0 Å². The SMILES string of the molecule is Cc1cc(C)cc(C)c1.Cc1cc2ccccc2c2ccccc12.Cc1cccc(C)c1.Cc1cccc(C)c1C.Cc1ccccc1C. The normalized spacial score (nSPS) is 9.94. The summed E-state index contributed by atoms with van der Waals surface area (Å²) in [6.07, 6.45) is 0. The van der Waals surface area contributed by atoms with Gasteiger partial charge in [-0.1, -0.05) is 167 Å². The Morgan fingerprint density at radius 1 is 0.245 bits per heavy atom. The van der Waals surface area contributed by atoms with Crippen LogP contribution in [0.2, 0.25) is 0 Å².